The van der Waals surface area contributed by atoms with Crippen molar-refractivity contribution in [2.75, 3.05) is 0 Å². The van der Waals surface area contributed by atoms with E-state index in [0.717, 1.165) is 18.7 Å². The molecule has 0 radical (unpaired) electrons. The maximum Gasteiger partial charge on any atom is 0.248 e. The van der Waals surface area contributed by atoms with Crippen molar-refractivity contribution >= 4 is 15.9 Å². The van der Waals surface area contributed by atoms with Crippen molar-refractivity contribution in [3.63, 3.8) is 0 Å². The summed E-state index contributed by atoms with van der Waals surface area (Å²) in [7, 11) is -1.86. The highest BCUT2D eigenvalue weighted by molar-refractivity contribution is 7.89. The van der Waals surface area contributed by atoms with Gasteiger partial charge in [0.1, 0.15) is 11.6 Å². The third-order valence-electron chi connectivity index (χ3n) is 4.34. The Bertz CT molecular complexity index is 854. The van der Waals surface area contributed by atoms with Crippen LogP contribution in [0.4, 0.5) is 0 Å². The monoisotopic (exact) mass is 349 g/mol. The second-order valence-corrected chi connectivity index (χ2v) is 7.64. The summed E-state index contributed by atoms with van der Waals surface area (Å²) in [5, 5.41) is 8.25. The van der Waals surface area contributed by atoms with E-state index < -0.39 is 15.9 Å². The molecule has 1 aliphatic carbocycles. The van der Waals surface area contributed by atoms with Gasteiger partial charge in [-0.2, -0.15) is 0 Å². The maximum atomic E-state index is 12.3. The van der Waals surface area contributed by atoms with Crippen LogP contribution < -0.4 is 10.5 Å². The van der Waals surface area contributed by atoms with Crippen molar-refractivity contribution in [2.45, 2.75) is 36.6 Å². The molecule has 128 valence electrons. The van der Waals surface area contributed by atoms with Gasteiger partial charge in [-0.05, 0) is 37.1 Å². The highest BCUT2D eigenvalue weighted by atomic mass is 32.2. The molecule has 3 N–H and O–H groups in total. The molecule has 0 bridgehead atoms. The molecule has 9 heteroatoms. The van der Waals surface area contributed by atoms with Crippen LogP contribution in [0, 0.1) is 0 Å². The standard InChI is InChI=1S/C15H19N5O3S/c1-20-13(18-19-15(20)11-3-2-4-11)9-17-24(22,23)12-7-5-10(6-8-12)14(16)21/h5-8,11,17H,2-4,9H2,1H3,(H2,16,21). The molecule has 1 heterocycles. The van der Waals surface area contributed by atoms with Gasteiger partial charge in [0.2, 0.25) is 15.9 Å². The minimum absolute atomic E-state index is 0.0517. The number of primary amides is 1. The number of nitrogens with zero attached hydrogens (tertiary/aromatic N) is 3. The number of nitrogens with one attached hydrogen (secondary N) is 1. The number of rotatable bonds is 6. The van der Waals surface area contributed by atoms with Crippen LogP contribution >= 0.6 is 0 Å². The summed E-state index contributed by atoms with van der Waals surface area (Å²) in [6, 6.07) is 5.46. The lowest BCUT2D eigenvalue weighted by molar-refractivity contribution is 0.1000. The first kappa shape index (κ1) is 16.6. The number of carbonyl (C=O) groups excluding carboxylic acids is 1. The largest absolute Gasteiger partial charge is 0.366 e. The number of carbonyl (C=O) groups is 1. The molecule has 1 aliphatic rings. The third-order valence-corrected chi connectivity index (χ3v) is 5.76. The average Bonchev–Trinajstić information content (AvgIpc) is 2.85. The van der Waals surface area contributed by atoms with Gasteiger partial charge in [0.05, 0.1) is 11.4 Å². The second-order valence-electron chi connectivity index (χ2n) is 5.87. The summed E-state index contributed by atoms with van der Waals surface area (Å²) in [4.78, 5) is 11.1. The predicted molar refractivity (Wildman–Crippen MR) is 86.6 cm³/mol. The Labute approximate surface area is 140 Å². The summed E-state index contributed by atoms with van der Waals surface area (Å²) in [5.74, 6) is 1.29. The van der Waals surface area contributed by atoms with Gasteiger partial charge in [0.15, 0.2) is 0 Å². The SMILES string of the molecule is Cn1c(CNS(=O)(=O)c2ccc(C(N)=O)cc2)nnc1C1CCC1. The lowest BCUT2D eigenvalue weighted by Gasteiger charge is -2.24. The van der Waals surface area contributed by atoms with E-state index >= 15 is 0 Å². The molecule has 1 aromatic heterocycles. The number of nitrogens with two attached hydrogens (primary N) is 1. The lowest BCUT2D eigenvalue weighted by Crippen LogP contribution is -2.25. The zero-order chi connectivity index (χ0) is 17.3. The zero-order valence-electron chi connectivity index (χ0n) is 13.3. The summed E-state index contributed by atoms with van der Waals surface area (Å²) in [6.45, 7) is 0.0517. The van der Waals surface area contributed by atoms with Crippen molar-refractivity contribution in [2.24, 2.45) is 12.8 Å². The lowest BCUT2D eigenvalue weighted by atomic mass is 9.85. The highest BCUT2D eigenvalue weighted by Gasteiger charge is 2.25. The van der Waals surface area contributed by atoms with E-state index in [1.54, 1.807) is 0 Å². The number of benzene rings is 1. The van der Waals surface area contributed by atoms with Gasteiger partial charge in [-0.15, -0.1) is 10.2 Å². The summed E-state index contributed by atoms with van der Waals surface area (Å²) < 4.78 is 29.0. The molecule has 2 aromatic rings. The van der Waals surface area contributed by atoms with Crippen LogP contribution in [0.25, 0.3) is 0 Å². The van der Waals surface area contributed by atoms with Crippen LogP contribution in [0.5, 0.6) is 0 Å². The smallest absolute Gasteiger partial charge is 0.248 e. The molecule has 1 saturated carbocycles. The second kappa shape index (κ2) is 6.33. The van der Waals surface area contributed by atoms with Gasteiger partial charge in [-0.3, -0.25) is 4.79 Å². The number of aromatic nitrogens is 3. The predicted octanol–water partition coefficient (Wildman–Crippen LogP) is 0.660. The van der Waals surface area contributed by atoms with Crippen molar-refractivity contribution in [3.8, 4) is 0 Å². The van der Waals surface area contributed by atoms with Crippen molar-refractivity contribution in [1.29, 1.82) is 0 Å². The van der Waals surface area contributed by atoms with Crippen LogP contribution in [0.3, 0.4) is 0 Å². The highest BCUT2D eigenvalue weighted by Crippen LogP contribution is 2.35. The topological polar surface area (TPSA) is 120 Å². The van der Waals surface area contributed by atoms with E-state index in [2.05, 4.69) is 14.9 Å². The first-order valence-electron chi connectivity index (χ1n) is 7.66. The molecule has 1 amide bonds. The molecular formula is C15H19N5O3S. The Morgan fingerprint density at radius 1 is 1.29 bits per heavy atom. The van der Waals surface area contributed by atoms with Crippen molar-refractivity contribution < 1.29 is 13.2 Å². The summed E-state index contributed by atoms with van der Waals surface area (Å²) in [6.07, 6.45) is 3.40. The molecule has 0 atom stereocenters. The summed E-state index contributed by atoms with van der Waals surface area (Å²) >= 11 is 0. The number of amides is 1. The Kier molecular flexibility index (Phi) is 4.37. The van der Waals surface area contributed by atoms with E-state index in [9.17, 15) is 13.2 Å². The van der Waals surface area contributed by atoms with Gasteiger partial charge >= 0.3 is 0 Å². The molecule has 0 unspecified atom stereocenters. The van der Waals surface area contributed by atoms with E-state index in [1.807, 2.05) is 11.6 Å². The molecule has 0 spiro atoms. The fourth-order valence-electron chi connectivity index (χ4n) is 2.59. The van der Waals surface area contributed by atoms with E-state index in [0.29, 0.717) is 11.7 Å². The molecule has 24 heavy (non-hydrogen) atoms. The van der Waals surface area contributed by atoms with E-state index in [-0.39, 0.29) is 17.0 Å². The quantitative estimate of drug-likeness (QED) is 0.794. The van der Waals surface area contributed by atoms with E-state index in [1.165, 1.54) is 30.7 Å². The first-order valence-corrected chi connectivity index (χ1v) is 9.14. The van der Waals surface area contributed by atoms with Gasteiger partial charge in [-0.25, -0.2) is 13.1 Å². The van der Waals surface area contributed by atoms with Gasteiger partial charge < -0.3 is 10.3 Å². The van der Waals surface area contributed by atoms with Crippen LogP contribution in [-0.4, -0.2) is 29.1 Å². The Balaban J connectivity index is 1.71. The minimum Gasteiger partial charge on any atom is -0.366 e. The Morgan fingerprint density at radius 2 is 1.96 bits per heavy atom. The summed E-state index contributed by atoms with van der Waals surface area (Å²) in [5.41, 5.74) is 5.40. The Hall–Kier alpha value is -2.26. The van der Waals surface area contributed by atoms with Crippen molar-refractivity contribution in [3.05, 3.63) is 41.5 Å². The third kappa shape index (κ3) is 3.17. The molecule has 0 saturated heterocycles. The van der Waals surface area contributed by atoms with Gasteiger partial charge in [-0.1, -0.05) is 6.42 Å². The minimum atomic E-state index is -3.70. The Morgan fingerprint density at radius 3 is 2.50 bits per heavy atom. The van der Waals surface area contributed by atoms with Gasteiger partial charge in [0.25, 0.3) is 0 Å². The first-order chi connectivity index (χ1) is 11.4. The molecule has 0 aliphatic heterocycles. The fourth-order valence-corrected chi connectivity index (χ4v) is 3.57. The van der Waals surface area contributed by atoms with Crippen LogP contribution in [-0.2, 0) is 23.6 Å². The zero-order valence-corrected chi connectivity index (χ0v) is 14.1. The number of hydrogen-bond donors (Lipinski definition) is 2. The maximum absolute atomic E-state index is 12.3. The number of hydrogen-bond acceptors (Lipinski definition) is 5. The van der Waals surface area contributed by atoms with Gasteiger partial charge in [0, 0.05) is 18.5 Å². The average molecular weight is 349 g/mol. The van der Waals surface area contributed by atoms with E-state index in [4.69, 9.17) is 5.73 Å². The number of sulfonamides is 1. The molecule has 1 fully saturated rings. The molecule has 8 nitrogen and oxygen atoms in total. The van der Waals surface area contributed by atoms with Crippen LogP contribution in [0.15, 0.2) is 29.2 Å². The molecular weight excluding hydrogens is 330 g/mol. The van der Waals surface area contributed by atoms with Crippen LogP contribution in [0.2, 0.25) is 0 Å². The normalized spacial score (nSPS) is 15.2. The van der Waals surface area contributed by atoms with Crippen LogP contribution in [0.1, 0.15) is 47.2 Å². The molecule has 1 aromatic carbocycles. The van der Waals surface area contributed by atoms with Crippen molar-refractivity contribution in [1.82, 2.24) is 19.5 Å². The fraction of sp³-hybridized carbons (Fsp3) is 0.400. The molecule has 3 rings (SSSR count).